The highest BCUT2D eigenvalue weighted by Crippen LogP contribution is 2.16. The Morgan fingerprint density at radius 2 is 1.76 bits per heavy atom. The molecule has 0 saturated carbocycles. The number of carbonyl (C=O) groups excluding carboxylic acids is 3. The maximum Gasteiger partial charge on any atom is 0.407 e. The van der Waals surface area contributed by atoms with Gasteiger partial charge in [-0.2, -0.15) is 0 Å². The minimum absolute atomic E-state index is 0.00702. The SMILES string of the molecule is CC(C)(C)OC(=O)N[C@@H](CC(=O)N1CC[C@@H](NC(=O)c2ccccc2)C1)Cc1ccccc1F. The second kappa shape index (κ2) is 11.1. The number of alkyl carbamates (subject to hydrolysis) is 1. The van der Waals surface area contributed by atoms with Crippen molar-refractivity contribution in [1.82, 2.24) is 15.5 Å². The van der Waals surface area contributed by atoms with Crippen molar-refractivity contribution >= 4 is 17.9 Å². The largest absolute Gasteiger partial charge is 0.444 e. The van der Waals surface area contributed by atoms with E-state index in [1.807, 2.05) is 6.07 Å². The first-order valence-electron chi connectivity index (χ1n) is 11.5. The fourth-order valence-electron chi connectivity index (χ4n) is 3.88. The van der Waals surface area contributed by atoms with Crippen LogP contribution in [0.3, 0.4) is 0 Å². The number of rotatable bonds is 7. The van der Waals surface area contributed by atoms with Crippen LogP contribution in [0.2, 0.25) is 0 Å². The van der Waals surface area contributed by atoms with Crippen molar-refractivity contribution < 1.29 is 23.5 Å². The second-order valence-corrected chi connectivity index (χ2v) is 9.51. The van der Waals surface area contributed by atoms with E-state index in [0.29, 0.717) is 30.6 Å². The van der Waals surface area contributed by atoms with Gasteiger partial charge in [0, 0.05) is 37.2 Å². The highest BCUT2D eigenvalue weighted by Gasteiger charge is 2.30. The number of ether oxygens (including phenoxy) is 1. The molecule has 1 aliphatic rings. The molecule has 0 aromatic heterocycles. The molecule has 1 fully saturated rings. The Morgan fingerprint density at radius 1 is 1.09 bits per heavy atom. The van der Waals surface area contributed by atoms with Crippen molar-refractivity contribution in [3.05, 3.63) is 71.5 Å². The Labute approximate surface area is 199 Å². The van der Waals surface area contributed by atoms with Crippen molar-refractivity contribution in [2.75, 3.05) is 13.1 Å². The summed E-state index contributed by atoms with van der Waals surface area (Å²) in [6.07, 6.45) is 0.130. The molecule has 1 saturated heterocycles. The van der Waals surface area contributed by atoms with Gasteiger partial charge in [-0.15, -0.1) is 0 Å². The molecular weight excluding hydrogens is 437 g/mol. The van der Waals surface area contributed by atoms with Crippen molar-refractivity contribution in [1.29, 1.82) is 0 Å². The van der Waals surface area contributed by atoms with Crippen molar-refractivity contribution in [3.63, 3.8) is 0 Å². The Hall–Kier alpha value is -3.42. The van der Waals surface area contributed by atoms with Crippen LogP contribution in [0.25, 0.3) is 0 Å². The van der Waals surface area contributed by atoms with Gasteiger partial charge in [0.2, 0.25) is 5.91 Å². The first kappa shape index (κ1) is 25.2. The molecule has 0 unspecified atom stereocenters. The number of amides is 3. The van der Waals surface area contributed by atoms with Gasteiger partial charge in [0.05, 0.1) is 0 Å². The zero-order valence-corrected chi connectivity index (χ0v) is 19.8. The van der Waals surface area contributed by atoms with Crippen molar-refractivity contribution in [2.24, 2.45) is 0 Å². The minimum Gasteiger partial charge on any atom is -0.444 e. The standard InChI is InChI=1S/C26H32FN3O4/c1-26(2,3)34-25(33)29-21(15-19-11-7-8-12-22(19)27)16-23(31)30-14-13-20(17-30)28-24(32)18-9-5-4-6-10-18/h4-12,20-21H,13-17H2,1-3H3,(H,28,32)(H,29,33)/t20-,21-/m1/s1. The molecule has 2 aromatic carbocycles. The summed E-state index contributed by atoms with van der Waals surface area (Å²) in [6.45, 7) is 6.13. The summed E-state index contributed by atoms with van der Waals surface area (Å²) in [5, 5.41) is 5.69. The number of nitrogens with zero attached hydrogens (tertiary/aromatic N) is 1. The second-order valence-electron chi connectivity index (χ2n) is 9.51. The predicted octanol–water partition coefficient (Wildman–Crippen LogP) is 3.68. The quantitative estimate of drug-likeness (QED) is 0.648. The van der Waals surface area contributed by atoms with Crippen LogP contribution in [0.4, 0.5) is 9.18 Å². The number of hydrogen-bond donors (Lipinski definition) is 2. The fourth-order valence-corrected chi connectivity index (χ4v) is 3.88. The average Bonchev–Trinajstić information content (AvgIpc) is 3.23. The summed E-state index contributed by atoms with van der Waals surface area (Å²) in [5.41, 5.74) is 0.278. The zero-order valence-electron chi connectivity index (χ0n) is 19.8. The Kier molecular flexibility index (Phi) is 8.26. The van der Waals surface area contributed by atoms with Crippen LogP contribution in [-0.2, 0) is 16.0 Å². The van der Waals surface area contributed by atoms with Gasteiger partial charge in [-0.1, -0.05) is 36.4 Å². The topological polar surface area (TPSA) is 87.7 Å². The lowest BCUT2D eigenvalue weighted by molar-refractivity contribution is -0.130. The first-order chi connectivity index (χ1) is 16.1. The van der Waals surface area contributed by atoms with E-state index in [1.165, 1.54) is 6.07 Å². The van der Waals surface area contributed by atoms with Crippen LogP contribution in [0.1, 0.15) is 49.5 Å². The van der Waals surface area contributed by atoms with Crippen LogP contribution >= 0.6 is 0 Å². The predicted molar refractivity (Wildman–Crippen MR) is 127 cm³/mol. The number of halogens is 1. The van der Waals surface area contributed by atoms with Gasteiger partial charge in [0.1, 0.15) is 11.4 Å². The molecule has 1 aliphatic heterocycles. The molecule has 0 bridgehead atoms. The molecule has 0 aliphatic carbocycles. The molecule has 2 aromatic rings. The van der Waals surface area contributed by atoms with Gasteiger partial charge < -0.3 is 20.3 Å². The zero-order chi connectivity index (χ0) is 24.7. The van der Waals surface area contributed by atoms with Crippen LogP contribution in [0.5, 0.6) is 0 Å². The number of hydrogen-bond acceptors (Lipinski definition) is 4. The summed E-state index contributed by atoms with van der Waals surface area (Å²) >= 11 is 0. The van der Waals surface area contributed by atoms with E-state index in [1.54, 1.807) is 68.1 Å². The molecule has 0 spiro atoms. The Balaban J connectivity index is 1.61. The van der Waals surface area contributed by atoms with Gasteiger partial charge in [0.15, 0.2) is 0 Å². The van der Waals surface area contributed by atoms with E-state index in [-0.39, 0.29) is 30.7 Å². The highest BCUT2D eigenvalue weighted by atomic mass is 19.1. The average molecular weight is 470 g/mol. The van der Waals surface area contributed by atoms with Gasteiger partial charge in [0.25, 0.3) is 5.91 Å². The number of benzene rings is 2. The molecule has 34 heavy (non-hydrogen) atoms. The number of likely N-dealkylation sites (tertiary alicyclic amines) is 1. The molecule has 182 valence electrons. The fraction of sp³-hybridized carbons (Fsp3) is 0.423. The summed E-state index contributed by atoms with van der Waals surface area (Å²) in [5.74, 6) is -0.742. The number of nitrogens with one attached hydrogen (secondary N) is 2. The van der Waals surface area contributed by atoms with E-state index in [0.717, 1.165) is 0 Å². The van der Waals surface area contributed by atoms with Gasteiger partial charge >= 0.3 is 6.09 Å². The van der Waals surface area contributed by atoms with Gasteiger partial charge in [-0.05, 0) is 57.4 Å². The smallest absolute Gasteiger partial charge is 0.407 e. The molecule has 1 heterocycles. The monoisotopic (exact) mass is 469 g/mol. The van der Waals surface area contributed by atoms with Crippen molar-refractivity contribution in [2.45, 2.75) is 57.7 Å². The first-order valence-corrected chi connectivity index (χ1v) is 11.5. The van der Waals surface area contributed by atoms with E-state index in [9.17, 15) is 18.8 Å². The maximum absolute atomic E-state index is 14.2. The lowest BCUT2D eigenvalue weighted by atomic mass is 10.0. The molecule has 7 nitrogen and oxygen atoms in total. The van der Waals surface area contributed by atoms with Gasteiger partial charge in [-0.25, -0.2) is 9.18 Å². The molecule has 2 atom stereocenters. The van der Waals surface area contributed by atoms with Crippen LogP contribution in [0, 0.1) is 5.82 Å². The summed E-state index contributed by atoms with van der Waals surface area (Å²) < 4.78 is 19.6. The molecule has 2 N–H and O–H groups in total. The summed E-state index contributed by atoms with van der Waals surface area (Å²) in [4.78, 5) is 39.5. The molecule has 3 rings (SSSR count). The third kappa shape index (κ3) is 7.57. The molecule has 8 heteroatoms. The molecular formula is C26H32FN3O4. The van der Waals surface area contributed by atoms with Crippen LogP contribution in [-0.4, -0.2) is 53.6 Å². The van der Waals surface area contributed by atoms with Crippen LogP contribution in [0.15, 0.2) is 54.6 Å². The van der Waals surface area contributed by atoms with E-state index in [4.69, 9.17) is 4.74 Å². The van der Waals surface area contributed by atoms with E-state index >= 15 is 0 Å². The van der Waals surface area contributed by atoms with Crippen molar-refractivity contribution in [3.8, 4) is 0 Å². The number of carbonyl (C=O) groups is 3. The van der Waals surface area contributed by atoms with E-state index < -0.39 is 23.6 Å². The normalized spacial score (nSPS) is 16.6. The highest BCUT2D eigenvalue weighted by molar-refractivity contribution is 5.94. The molecule has 3 amide bonds. The summed E-state index contributed by atoms with van der Waals surface area (Å²) in [7, 11) is 0. The lowest BCUT2D eigenvalue weighted by Crippen LogP contribution is -2.44. The molecule has 0 radical (unpaired) electrons. The third-order valence-corrected chi connectivity index (χ3v) is 5.48. The Bertz CT molecular complexity index is 1010. The van der Waals surface area contributed by atoms with Gasteiger partial charge in [-0.3, -0.25) is 9.59 Å². The lowest BCUT2D eigenvalue weighted by Gasteiger charge is -2.25. The summed E-state index contributed by atoms with van der Waals surface area (Å²) in [6, 6.07) is 14.4. The maximum atomic E-state index is 14.2. The van der Waals surface area contributed by atoms with Crippen LogP contribution < -0.4 is 10.6 Å². The Morgan fingerprint density at radius 3 is 2.44 bits per heavy atom. The third-order valence-electron chi connectivity index (χ3n) is 5.48. The van der Waals surface area contributed by atoms with E-state index in [2.05, 4.69) is 10.6 Å². The minimum atomic E-state index is -0.699.